The number of nitrogens with one attached hydrogen (secondary N) is 2. The predicted octanol–water partition coefficient (Wildman–Crippen LogP) is 4.48. The number of nitrogens with zero attached hydrogens (tertiary/aromatic N) is 3. The average molecular weight is 540 g/mol. The fourth-order valence-corrected chi connectivity index (χ4v) is 4.50. The molecule has 13 heteroatoms. The first kappa shape index (κ1) is 25.7. The summed E-state index contributed by atoms with van der Waals surface area (Å²) in [4.78, 5) is 32.3. The van der Waals surface area contributed by atoms with Gasteiger partial charge in [-0.3, -0.25) is 14.0 Å². The summed E-state index contributed by atoms with van der Waals surface area (Å²) in [6, 6.07) is 6.22. The third-order valence-electron chi connectivity index (χ3n) is 5.21. The van der Waals surface area contributed by atoms with Gasteiger partial charge in [0.15, 0.2) is 11.3 Å². The number of halogens is 4. The molecule has 2 amide bonds. The number of carbonyl (C=O) groups is 2. The third-order valence-corrected chi connectivity index (χ3v) is 6.51. The summed E-state index contributed by atoms with van der Waals surface area (Å²) in [5.74, 6) is -1.17. The maximum atomic E-state index is 13.9. The second kappa shape index (κ2) is 10.3. The zero-order chi connectivity index (χ0) is 26.0. The van der Waals surface area contributed by atoms with Crippen LogP contribution in [0.2, 0.25) is 5.15 Å². The van der Waals surface area contributed by atoms with Crippen molar-refractivity contribution >= 4 is 40.4 Å². The van der Waals surface area contributed by atoms with Crippen molar-refractivity contribution in [2.75, 3.05) is 27.2 Å². The Bertz CT molecular complexity index is 1370. The number of amides is 2. The Morgan fingerprint density at radius 1 is 1.28 bits per heavy atom. The first-order chi connectivity index (χ1) is 17.1. The van der Waals surface area contributed by atoms with Gasteiger partial charge in [0.2, 0.25) is 5.91 Å². The number of likely N-dealkylation sites (N-methyl/N-ethyl adjacent to an activating group) is 1. The second-order valence-corrected chi connectivity index (χ2v) is 9.42. The Morgan fingerprint density at radius 3 is 2.67 bits per heavy atom. The Balaban J connectivity index is 1.70. The van der Waals surface area contributed by atoms with Gasteiger partial charge in [-0.2, -0.15) is 13.2 Å². The summed E-state index contributed by atoms with van der Waals surface area (Å²) >= 11 is 7.60. The van der Waals surface area contributed by atoms with Crippen LogP contribution in [0.1, 0.15) is 27.0 Å². The summed E-state index contributed by atoms with van der Waals surface area (Å²) < 4.78 is 47.8. The minimum absolute atomic E-state index is 0.0998. The van der Waals surface area contributed by atoms with Gasteiger partial charge in [-0.05, 0) is 43.7 Å². The van der Waals surface area contributed by atoms with Gasteiger partial charge >= 0.3 is 6.18 Å². The van der Waals surface area contributed by atoms with Crippen molar-refractivity contribution in [1.29, 1.82) is 0 Å². The topological polar surface area (TPSA) is 91.9 Å². The Kier molecular flexibility index (Phi) is 7.38. The highest BCUT2D eigenvalue weighted by Gasteiger charge is 2.36. The van der Waals surface area contributed by atoms with Gasteiger partial charge in [-0.15, -0.1) is 11.3 Å². The molecule has 0 saturated carbocycles. The molecular weight excluding hydrogens is 519 g/mol. The average Bonchev–Trinajstić information content (AvgIpc) is 3.58. The second-order valence-electron chi connectivity index (χ2n) is 8.08. The molecule has 0 spiro atoms. The number of pyridine rings is 1. The first-order valence-electron chi connectivity index (χ1n) is 10.7. The largest absolute Gasteiger partial charge is 0.464 e. The lowest BCUT2D eigenvalue weighted by molar-refractivity contribution is -0.136. The molecule has 0 radical (unpaired) electrons. The maximum absolute atomic E-state index is 13.9. The van der Waals surface area contributed by atoms with Crippen molar-refractivity contribution in [2.24, 2.45) is 0 Å². The Labute approximate surface area is 212 Å². The third kappa shape index (κ3) is 5.40. The van der Waals surface area contributed by atoms with Crippen LogP contribution in [0.5, 0.6) is 0 Å². The van der Waals surface area contributed by atoms with E-state index in [-0.39, 0.29) is 16.5 Å². The van der Waals surface area contributed by atoms with E-state index in [1.807, 2.05) is 19.0 Å². The summed E-state index contributed by atoms with van der Waals surface area (Å²) in [6.07, 6.45) is -2.15. The molecule has 36 heavy (non-hydrogen) atoms. The maximum Gasteiger partial charge on any atom is 0.420 e. The van der Waals surface area contributed by atoms with Gasteiger partial charge in [-0.25, -0.2) is 4.98 Å². The van der Waals surface area contributed by atoms with Crippen LogP contribution in [0.15, 0.2) is 52.6 Å². The molecule has 2 N–H and O–H groups in total. The lowest BCUT2D eigenvalue weighted by Gasteiger charge is -2.18. The van der Waals surface area contributed by atoms with E-state index >= 15 is 0 Å². The van der Waals surface area contributed by atoms with Crippen molar-refractivity contribution in [2.45, 2.75) is 12.2 Å². The van der Waals surface area contributed by atoms with Gasteiger partial charge < -0.3 is 20.0 Å². The molecule has 4 heterocycles. The number of rotatable bonds is 8. The number of hydrogen-bond donors (Lipinski definition) is 2. The van der Waals surface area contributed by atoms with Crippen LogP contribution in [0.3, 0.4) is 0 Å². The molecule has 190 valence electrons. The minimum Gasteiger partial charge on any atom is -0.464 e. The highest BCUT2D eigenvalue weighted by atomic mass is 35.5. The molecule has 0 aliphatic heterocycles. The van der Waals surface area contributed by atoms with Crippen molar-refractivity contribution in [3.8, 4) is 11.3 Å². The molecule has 4 aromatic rings. The standard InChI is InChI=1S/C23H21ClF3N5O3S/c1-31(2)8-7-28-21(33)17(16-6-4-10-36-16)30-22(34)18-19(24)32-12-13(15-5-3-9-35-15)11-14(20(32)29-18)23(25,26)27/h3-6,9-12,17H,7-8H2,1-2H3,(H,28,33)(H,30,34). The zero-order valence-electron chi connectivity index (χ0n) is 19.1. The summed E-state index contributed by atoms with van der Waals surface area (Å²) in [5, 5.41) is 6.72. The molecule has 0 aliphatic rings. The van der Waals surface area contributed by atoms with Gasteiger partial charge in [-0.1, -0.05) is 17.7 Å². The fourth-order valence-electron chi connectivity index (χ4n) is 3.47. The lowest BCUT2D eigenvalue weighted by Crippen LogP contribution is -2.42. The monoisotopic (exact) mass is 539 g/mol. The quantitative estimate of drug-likeness (QED) is 0.344. The van der Waals surface area contributed by atoms with Crippen LogP contribution in [-0.4, -0.2) is 53.3 Å². The van der Waals surface area contributed by atoms with E-state index < -0.39 is 40.9 Å². The molecule has 0 bridgehead atoms. The molecule has 0 fully saturated rings. The summed E-state index contributed by atoms with van der Waals surface area (Å²) in [7, 11) is 3.70. The Morgan fingerprint density at radius 2 is 2.06 bits per heavy atom. The van der Waals surface area contributed by atoms with E-state index in [0.29, 0.717) is 18.0 Å². The number of imidazole rings is 1. The smallest absolute Gasteiger partial charge is 0.420 e. The number of fused-ring (bicyclic) bond motifs is 1. The van der Waals surface area contributed by atoms with E-state index in [0.717, 1.165) is 10.5 Å². The van der Waals surface area contributed by atoms with Crippen LogP contribution in [0.4, 0.5) is 13.2 Å². The first-order valence-corrected chi connectivity index (χ1v) is 11.9. The fraction of sp³-hybridized carbons (Fsp3) is 0.261. The van der Waals surface area contributed by atoms with E-state index in [1.165, 1.54) is 35.9 Å². The van der Waals surface area contributed by atoms with Crippen molar-refractivity contribution in [3.63, 3.8) is 0 Å². The van der Waals surface area contributed by atoms with Gasteiger partial charge in [0.1, 0.15) is 17.0 Å². The SMILES string of the molecule is CN(C)CCNC(=O)C(NC(=O)c1nc2c(C(F)(F)F)cc(-c3ccco3)cn2c1Cl)c1cccs1. The zero-order valence-corrected chi connectivity index (χ0v) is 20.7. The normalized spacial score (nSPS) is 12.8. The highest BCUT2D eigenvalue weighted by Crippen LogP contribution is 2.37. The number of furan rings is 1. The number of carbonyl (C=O) groups excluding carboxylic acids is 2. The number of hydrogen-bond acceptors (Lipinski definition) is 6. The molecule has 8 nitrogen and oxygen atoms in total. The number of alkyl halides is 3. The van der Waals surface area contributed by atoms with Crippen LogP contribution in [0.25, 0.3) is 17.0 Å². The van der Waals surface area contributed by atoms with Crippen LogP contribution < -0.4 is 10.6 Å². The Hall–Kier alpha value is -3.35. The van der Waals surface area contributed by atoms with Crippen molar-refractivity contribution in [3.05, 3.63) is 69.5 Å². The lowest BCUT2D eigenvalue weighted by atomic mass is 10.1. The number of thiophene rings is 1. The van der Waals surface area contributed by atoms with Crippen molar-refractivity contribution < 1.29 is 27.2 Å². The molecule has 0 aliphatic carbocycles. The molecule has 1 atom stereocenters. The van der Waals surface area contributed by atoms with E-state index in [9.17, 15) is 22.8 Å². The molecule has 4 aromatic heterocycles. The molecule has 4 rings (SSSR count). The van der Waals surface area contributed by atoms with E-state index in [4.69, 9.17) is 16.0 Å². The van der Waals surface area contributed by atoms with Crippen molar-refractivity contribution in [1.82, 2.24) is 24.9 Å². The minimum atomic E-state index is -4.78. The highest BCUT2D eigenvalue weighted by molar-refractivity contribution is 7.10. The summed E-state index contributed by atoms with van der Waals surface area (Å²) in [6.45, 7) is 0.913. The van der Waals surface area contributed by atoms with Gasteiger partial charge in [0.05, 0.1) is 11.8 Å². The van der Waals surface area contributed by atoms with Gasteiger partial charge in [0, 0.05) is 29.7 Å². The predicted molar refractivity (Wildman–Crippen MR) is 129 cm³/mol. The summed E-state index contributed by atoms with van der Waals surface area (Å²) in [5.41, 5.74) is -1.98. The molecular formula is C23H21ClF3N5O3S. The van der Waals surface area contributed by atoms with Gasteiger partial charge in [0.25, 0.3) is 5.91 Å². The molecule has 1 unspecified atom stereocenters. The van der Waals surface area contributed by atoms with Crippen LogP contribution in [-0.2, 0) is 11.0 Å². The van der Waals surface area contributed by atoms with Crippen LogP contribution >= 0.6 is 22.9 Å². The molecule has 0 saturated heterocycles. The van der Waals surface area contributed by atoms with Crippen LogP contribution in [0, 0.1) is 0 Å². The number of aromatic nitrogens is 2. The van der Waals surface area contributed by atoms with E-state index in [1.54, 1.807) is 17.5 Å². The van der Waals surface area contributed by atoms with E-state index in [2.05, 4.69) is 15.6 Å². The molecule has 0 aromatic carbocycles.